The van der Waals surface area contributed by atoms with Gasteiger partial charge >= 0.3 is 0 Å². The first-order valence-electron chi connectivity index (χ1n) is 11.8. The normalized spacial score (nSPS) is 19.9. The molecule has 2 amide bonds. The van der Waals surface area contributed by atoms with Gasteiger partial charge in [-0.05, 0) is 55.3 Å². The Balaban J connectivity index is 1.30. The number of piperazine rings is 1. The summed E-state index contributed by atoms with van der Waals surface area (Å²) < 4.78 is 13.1. The fourth-order valence-corrected chi connectivity index (χ4v) is 4.56. The smallest absolute Gasteiger partial charge is 0.229 e. The Hall–Kier alpha value is -2.77. The summed E-state index contributed by atoms with van der Waals surface area (Å²) in [5.41, 5.74) is 2.78. The van der Waals surface area contributed by atoms with E-state index < -0.39 is 0 Å². The maximum Gasteiger partial charge on any atom is 0.229 e. The highest BCUT2D eigenvalue weighted by Gasteiger charge is 2.28. The highest BCUT2D eigenvalue weighted by Crippen LogP contribution is 2.21. The molecule has 1 unspecified atom stereocenters. The van der Waals surface area contributed by atoms with Crippen LogP contribution in [0.15, 0.2) is 48.5 Å². The van der Waals surface area contributed by atoms with E-state index in [0.717, 1.165) is 56.8 Å². The lowest BCUT2D eigenvalue weighted by Gasteiger charge is -2.32. The molecule has 0 spiro atoms. The summed E-state index contributed by atoms with van der Waals surface area (Å²) in [7, 11) is 2.15. The van der Waals surface area contributed by atoms with Gasteiger partial charge in [0.05, 0.1) is 12.3 Å². The summed E-state index contributed by atoms with van der Waals surface area (Å²) in [6, 6.07) is 14.1. The predicted molar refractivity (Wildman–Crippen MR) is 127 cm³/mol. The Morgan fingerprint density at radius 2 is 1.76 bits per heavy atom. The molecule has 2 aliphatic rings. The quantitative estimate of drug-likeness (QED) is 0.732. The number of benzene rings is 2. The van der Waals surface area contributed by atoms with Crippen molar-refractivity contribution in [1.29, 1.82) is 0 Å². The highest BCUT2D eigenvalue weighted by molar-refractivity contribution is 5.93. The number of piperidine rings is 1. The van der Waals surface area contributed by atoms with Gasteiger partial charge in [-0.25, -0.2) is 4.39 Å². The molecule has 2 aromatic rings. The molecular weight excluding hydrogens is 419 g/mol. The summed E-state index contributed by atoms with van der Waals surface area (Å²) in [5.74, 6) is -0.593. The number of halogens is 1. The van der Waals surface area contributed by atoms with Crippen LogP contribution in [0.3, 0.4) is 0 Å². The molecule has 0 bridgehead atoms. The van der Waals surface area contributed by atoms with Gasteiger partial charge < -0.3 is 15.1 Å². The zero-order valence-electron chi connectivity index (χ0n) is 19.3. The van der Waals surface area contributed by atoms with Crippen molar-refractivity contribution < 1.29 is 14.0 Å². The molecule has 2 fully saturated rings. The molecule has 7 heteroatoms. The Morgan fingerprint density at radius 3 is 2.52 bits per heavy atom. The minimum Gasteiger partial charge on any atom is -0.342 e. The number of likely N-dealkylation sites (N-methyl/N-ethyl adjacent to an activating group) is 1. The van der Waals surface area contributed by atoms with Gasteiger partial charge in [0.2, 0.25) is 11.8 Å². The van der Waals surface area contributed by atoms with E-state index >= 15 is 0 Å². The van der Waals surface area contributed by atoms with E-state index in [2.05, 4.69) is 34.3 Å². The van der Waals surface area contributed by atoms with Gasteiger partial charge in [0.25, 0.3) is 0 Å². The van der Waals surface area contributed by atoms with Crippen LogP contribution in [0.25, 0.3) is 0 Å². The summed E-state index contributed by atoms with van der Waals surface area (Å²) in [6.07, 6.45) is 1.80. The molecule has 33 heavy (non-hydrogen) atoms. The van der Waals surface area contributed by atoms with E-state index in [4.69, 9.17) is 0 Å². The lowest BCUT2D eigenvalue weighted by molar-refractivity contribution is -0.133. The van der Waals surface area contributed by atoms with Gasteiger partial charge in [0.15, 0.2) is 0 Å². The van der Waals surface area contributed by atoms with Crippen LogP contribution in [0.5, 0.6) is 0 Å². The monoisotopic (exact) mass is 452 g/mol. The molecule has 2 aromatic carbocycles. The topological polar surface area (TPSA) is 55.9 Å². The molecule has 6 nitrogen and oxygen atoms in total. The highest BCUT2D eigenvalue weighted by atomic mass is 19.1. The van der Waals surface area contributed by atoms with Crippen molar-refractivity contribution in [3.8, 4) is 0 Å². The molecule has 0 saturated carbocycles. The second kappa shape index (κ2) is 10.9. The van der Waals surface area contributed by atoms with Crippen molar-refractivity contribution in [2.75, 3.05) is 51.6 Å². The van der Waals surface area contributed by atoms with Crippen LogP contribution in [0, 0.1) is 11.7 Å². The van der Waals surface area contributed by atoms with Crippen LogP contribution in [-0.4, -0.2) is 72.8 Å². The number of carbonyl (C=O) groups excluding carboxylic acids is 2. The molecular formula is C26H33FN4O2. The lowest BCUT2D eigenvalue weighted by Crippen LogP contribution is -2.44. The first-order valence-corrected chi connectivity index (χ1v) is 11.8. The van der Waals surface area contributed by atoms with Crippen LogP contribution in [0.1, 0.15) is 24.0 Å². The number of hydrogen-bond acceptors (Lipinski definition) is 4. The Labute approximate surface area is 195 Å². The lowest BCUT2D eigenvalue weighted by atomic mass is 9.96. The zero-order valence-corrected chi connectivity index (χ0v) is 19.3. The van der Waals surface area contributed by atoms with Crippen molar-refractivity contribution in [2.45, 2.75) is 25.8 Å². The van der Waals surface area contributed by atoms with Gasteiger partial charge in [-0.1, -0.05) is 24.3 Å². The maximum atomic E-state index is 13.1. The third-order valence-corrected chi connectivity index (χ3v) is 6.61. The fraction of sp³-hybridized carbons (Fsp3) is 0.462. The first-order chi connectivity index (χ1) is 16.0. The molecule has 1 N–H and O–H groups in total. The van der Waals surface area contributed by atoms with Crippen LogP contribution >= 0.6 is 0 Å². The summed E-state index contributed by atoms with van der Waals surface area (Å²) >= 11 is 0. The van der Waals surface area contributed by atoms with E-state index in [0.29, 0.717) is 13.1 Å². The summed E-state index contributed by atoms with van der Waals surface area (Å²) in [6.45, 7) is 6.22. The van der Waals surface area contributed by atoms with Gasteiger partial charge in [0, 0.05) is 51.5 Å². The van der Waals surface area contributed by atoms with Crippen LogP contribution in [0.2, 0.25) is 0 Å². The molecule has 4 rings (SSSR count). The number of rotatable bonds is 6. The Morgan fingerprint density at radius 1 is 1.00 bits per heavy atom. The first kappa shape index (κ1) is 23.4. The van der Waals surface area contributed by atoms with Gasteiger partial charge in [-0.3, -0.25) is 14.5 Å². The summed E-state index contributed by atoms with van der Waals surface area (Å²) in [4.78, 5) is 32.2. The van der Waals surface area contributed by atoms with E-state index in [9.17, 15) is 14.0 Å². The second-order valence-corrected chi connectivity index (χ2v) is 9.25. The van der Waals surface area contributed by atoms with Crippen LogP contribution in [-0.2, 0) is 22.6 Å². The molecule has 2 aliphatic heterocycles. The standard InChI is InChI=1S/C26H33FN4O2/c1-29-12-14-30(15-13-29)18-21-4-2-6-24(16-21)28-26(33)22-5-3-11-31(19-22)25(32)17-20-7-9-23(27)10-8-20/h2,4,6-10,16,22H,3,5,11-15,17-19H2,1H3,(H,28,33). The fourth-order valence-electron chi connectivity index (χ4n) is 4.56. The Kier molecular flexibility index (Phi) is 7.73. The van der Waals surface area contributed by atoms with E-state index in [1.165, 1.54) is 17.7 Å². The average Bonchev–Trinajstić information content (AvgIpc) is 2.82. The minimum atomic E-state index is -0.312. The van der Waals surface area contributed by atoms with E-state index in [-0.39, 0.29) is 30.0 Å². The molecule has 1 atom stereocenters. The molecule has 176 valence electrons. The molecule has 0 aromatic heterocycles. The molecule has 2 heterocycles. The average molecular weight is 453 g/mol. The zero-order chi connectivity index (χ0) is 23.2. The van der Waals surface area contributed by atoms with Gasteiger partial charge in [-0.15, -0.1) is 0 Å². The number of carbonyl (C=O) groups is 2. The maximum absolute atomic E-state index is 13.1. The Bertz CT molecular complexity index is 957. The summed E-state index contributed by atoms with van der Waals surface area (Å²) in [5, 5.41) is 3.07. The third kappa shape index (κ3) is 6.62. The molecule has 0 aliphatic carbocycles. The van der Waals surface area contributed by atoms with Crippen molar-refractivity contribution in [1.82, 2.24) is 14.7 Å². The number of amides is 2. The molecule has 2 saturated heterocycles. The number of nitrogens with zero attached hydrogens (tertiary/aromatic N) is 3. The van der Waals surface area contributed by atoms with E-state index in [1.54, 1.807) is 17.0 Å². The number of likely N-dealkylation sites (tertiary alicyclic amines) is 1. The number of anilines is 1. The number of nitrogens with one attached hydrogen (secondary N) is 1. The van der Waals surface area contributed by atoms with Gasteiger partial charge in [-0.2, -0.15) is 0 Å². The van der Waals surface area contributed by atoms with E-state index in [1.807, 2.05) is 12.1 Å². The largest absolute Gasteiger partial charge is 0.342 e. The molecule has 0 radical (unpaired) electrons. The predicted octanol–water partition coefficient (Wildman–Crippen LogP) is 2.99. The second-order valence-electron chi connectivity index (χ2n) is 9.25. The third-order valence-electron chi connectivity index (χ3n) is 6.61. The van der Waals surface area contributed by atoms with Crippen molar-refractivity contribution in [2.24, 2.45) is 5.92 Å². The van der Waals surface area contributed by atoms with Crippen molar-refractivity contribution in [3.63, 3.8) is 0 Å². The van der Waals surface area contributed by atoms with Gasteiger partial charge in [0.1, 0.15) is 5.82 Å². The van der Waals surface area contributed by atoms with Crippen LogP contribution in [0.4, 0.5) is 10.1 Å². The minimum absolute atomic E-state index is 0.0201. The SMILES string of the molecule is CN1CCN(Cc2cccc(NC(=O)C3CCCN(C(=O)Cc4ccc(F)cc4)C3)c2)CC1. The van der Waals surface area contributed by atoms with Crippen LogP contribution < -0.4 is 5.32 Å². The van der Waals surface area contributed by atoms with Crippen molar-refractivity contribution in [3.05, 3.63) is 65.5 Å². The number of hydrogen-bond donors (Lipinski definition) is 1. The van der Waals surface area contributed by atoms with Crippen molar-refractivity contribution >= 4 is 17.5 Å².